The third-order valence-corrected chi connectivity index (χ3v) is 3.54. The first-order valence-corrected chi connectivity index (χ1v) is 6.61. The molecule has 0 N–H and O–H groups in total. The lowest BCUT2D eigenvalue weighted by Gasteiger charge is -2.12. The second-order valence-electron chi connectivity index (χ2n) is 3.95. The van der Waals surface area contributed by atoms with E-state index >= 15 is 0 Å². The largest absolute Gasteiger partial charge is 0.268 e. The number of para-hydroxylation sites is 1. The van der Waals surface area contributed by atoms with Crippen LogP contribution in [0.4, 0.5) is 0 Å². The van der Waals surface area contributed by atoms with E-state index in [0.717, 1.165) is 29.7 Å². The lowest BCUT2D eigenvalue weighted by atomic mass is 10.0. The molecule has 0 unspecified atom stereocenters. The molecule has 0 aliphatic rings. The van der Waals surface area contributed by atoms with Crippen molar-refractivity contribution in [2.45, 2.75) is 12.8 Å². The fourth-order valence-corrected chi connectivity index (χ4v) is 2.78. The molecule has 2 nitrogen and oxygen atoms in total. The average molecular weight is 257 g/mol. The number of hydrogen-bond acceptors (Lipinski definition) is 2. The van der Waals surface area contributed by atoms with Gasteiger partial charge in [-0.25, -0.2) is 3.96 Å². The average Bonchev–Trinajstić information content (AvgIpc) is 2.77. The second kappa shape index (κ2) is 5.65. The summed E-state index contributed by atoms with van der Waals surface area (Å²) in [5.74, 6) is 0. The number of benzene rings is 1. The second-order valence-corrected chi connectivity index (χ2v) is 4.80. The number of rotatable bonds is 5. The fraction of sp³-hybridized carbons (Fsp3) is 0.133. The third-order valence-electron chi connectivity index (χ3n) is 2.71. The molecule has 92 valence electrons. The molecule has 3 heteroatoms. The number of aromatic nitrogens is 1. The van der Waals surface area contributed by atoms with Crippen LogP contribution >= 0.6 is 11.5 Å². The quantitative estimate of drug-likeness (QED) is 0.753. The predicted octanol–water partition coefficient (Wildman–Crippen LogP) is 3.36. The Morgan fingerprint density at radius 3 is 2.17 bits per heavy atom. The molecule has 1 aromatic heterocycles. The summed E-state index contributed by atoms with van der Waals surface area (Å²) in [6, 6.07) is 7.68. The summed E-state index contributed by atoms with van der Waals surface area (Å²) in [7, 11) is 0. The molecule has 0 radical (unpaired) electrons. The van der Waals surface area contributed by atoms with Crippen molar-refractivity contribution >= 4 is 11.5 Å². The maximum Gasteiger partial charge on any atom is 0.265 e. The summed E-state index contributed by atoms with van der Waals surface area (Å²) in [6.45, 7) is 7.54. The van der Waals surface area contributed by atoms with Crippen LogP contribution in [0.3, 0.4) is 0 Å². The lowest BCUT2D eigenvalue weighted by molar-refractivity contribution is 1.04. The summed E-state index contributed by atoms with van der Waals surface area (Å²) in [6.07, 6.45) is 5.22. The Morgan fingerprint density at radius 2 is 1.72 bits per heavy atom. The predicted molar refractivity (Wildman–Crippen MR) is 77.7 cm³/mol. The molecule has 2 rings (SSSR count). The Labute approximate surface area is 111 Å². The maximum atomic E-state index is 11.9. The Hall–Kier alpha value is -1.87. The van der Waals surface area contributed by atoms with Gasteiger partial charge < -0.3 is 0 Å². The van der Waals surface area contributed by atoms with Crippen LogP contribution in [-0.2, 0) is 12.8 Å². The van der Waals surface area contributed by atoms with Gasteiger partial charge in [-0.15, -0.1) is 13.2 Å². The maximum absolute atomic E-state index is 11.9. The van der Waals surface area contributed by atoms with Crippen molar-refractivity contribution < 1.29 is 0 Å². The zero-order valence-corrected chi connectivity index (χ0v) is 11.0. The molecule has 18 heavy (non-hydrogen) atoms. The lowest BCUT2D eigenvalue weighted by Crippen LogP contribution is -2.13. The topological polar surface area (TPSA) is 22.0 Å². The van der Waals surface area contributed by atoms with Gasteiger partial charge in [0.15, 0.2) is 0 Å². The Kier molecular flexibility index (Phi) is 3.95. The molecule has 1 aromatic carbocycles. The third kappa shape index (κ3) is 2.36. The van der Waals surface area contributed by atoms with Gasteiger partial charge in [0.2, 0.25) is 0 Å². The summed E-state index contributed by atoms with van der Waals surface area (Å²) in [4.78, 5) is 11.9. The van der Waals surface area contributed by atoms with Crippen molar-refractivity contribution in [2.24, 2.45) is 0 Å². The van der Waals surface area contributed by atoms with Crippen molar-refractivity contribution in [2.75, 3.05) is 0 Å². The zero-order chi connectivity index (χ0) is 13.0. The Morgan fingerprint density at radius 1 is 1.11 bits per heavy atom. The minimum atomic E-state index is 0.0156. The summed E-state index contributed by atoms with van der Waals surface area (Å²) < 4.78 is 1.73. The van der Waals surface area contributed by atoms with Crippen LogP contribution < -0.4 is 5.56 Å². The van der Waals surface area contributed by atoms with Gasteiger partial charge in [0.25, 0.3) is 5.56 Å². The van der Waals surface area contributed by atoms with E-state index in [4.69, 9.17) is 0 Å². The molecule has 0 spiro atoms. The molecule has 0 saturated heterocycles. The first kappa shape index (κ1) is 12.6. The molecule has 0 aliphatic heterocycles. The van der Waals surface area contributed by atoms with Crippen molar-refractivity contribution in [1.82, 2.24) is 3.96 Å². The molecule has 0 atom stereocenters. The monoisotopic (exact) mass is 257 g/mol. The number of hydrogen-bond donors (Lipinski definition) is 0. The van der Waals surface area contributed by atoms with Crippen LogP contribution in [-0.4, -0.2) is 3.96 Å². The van der Waals surface area contributed by atoms with Gasteiger partial charge in [-0.3, -0.25) is 4.79 Å². The Balaban J connectivity index is 2.67. The molecule has 1 heterocycles. The van der Waals surface area contributed by atoms with E-state index in [2.05, 4.69) is 13.2 Å². The van der Waals surface area contributed by atoms with E-state index in [-0.39, 0.29) is 5.56 Å². The van der Waals surface area contributed by atoms with Crippen LogP contribution in [0.25, 0.3) is 5.69 Å². The molecule has 0 fully saturated rings. The van der Waals surface area contributed by atoms with E-state index in [0.29, 0.717) is 0 Å². The Bertz CT molecular complexity index is 593. The zero-order valence-electron chi connectivity index (χ0n) is 10.1. The first-order valence-electron chi connectivity index (χ1n) is 5.78. The van der Waals surface area contributed by atoms with Gasteiger partial charge in [-0.1, -0.05) is 41.9 Å². The van der Waals surface area contributed by atoms with Crippen LogP contribution in [0, 0.1) is 0 Å². The standard InChI is InChI=1S/C15H15NOS/c1-3-6-12-8-5-9-13(7-4-2)15(12)16-14(17)10-11-18-16/h3-5,8-11H,1-2,6-7H2. The van der Waals surface area contributed by atoms with Crippen molar-refractivity contribution in [3.63, 3.8) is 0 Å². The highest BCUT2D eigenvalue weighted by atomic mass is 32.1. The minimum absolute atomic E-state index is 0.0156. The van der Waals surface area contributed by atoms with Crippen LogP contribution in [0.5, 0.6) is 0 Å². The number of nitrogens with zero attached hydrogens (tertiary/aromatic N) is 1. The molecule has 0 aliphatic carbocycles. The normalized spacial score (nSPS) is 10.2. The van der Waals surface area contributed by atoms with Crippen LogP contribution in [0.2, 0.25) is 0 Å². The minimum Gasteiger partial charge on any atom is -0.268 e. The van der Waals surface area contributed by atoms with Crippen LogP contribution in [0.1, 0.15) is 11.1 Å². The summed E-state index contributed by atoms with van der Waals surface area (Å²) in [5, 5.41) is 1.81. The molecule has 0 amide bonds. The van der Waals surface area contributed by atoms with Crippen LogP contribution in [0.15, 0.2) is 59.7 Å². The highest BCUT2D eigenvalue weighted by molar-refractivity contribution is 7.04. The fourth-order valence-electron chi connectivity index (χ4n) is 1.98. The van der Waals surface area contributed by atoms with Gasteiger partial charge in [0.1, 0.15) is 0 Å². The molecule has 0 saturated carbocycles. The molecular weight excluding hydrogens is 242 g/mol. The first-order chi connectivity index (χ1) is 8.77. The van der Waals surface area contributed by atoms with E-state index in [1.54, 1.807) is 10.0 Å². The molecule has 0 bridgehead atoms. The highest BCUT2D eigenvalue weighted by Gasteiger charge is 2.11. The van der Waals surface area contributed by atoms with Gasteiger partial charge >= 0.3 is 0 Å². The van der Waals surface area contributed by atoms with Crippen molar-refractivity contribution in [1.29, 1.82) is 0 Å². The van der Waals surface area contributed by atoms with E-state index < -0.39 is 0 Å². The highest BCUT2D eigenvalue weighted by Crippen LogP contribution is 2.22. The van der Waals surface area contributed by atoms with E-state index in [9.17, 15) is 4.79 Å². The van der Waals surface area contributed by atoms with Gasteiger partial charge in [0, 0.05) is 11.4 Å². The smallest absolute Gasteiger partial charge is 0.265 e. The molecule has 2 aromatic rings. The van der Waals surface area contributed by atoms with E-state index in [1.807, 2.05) is 35.7 Å². The summed E-state index contributed by atoms with van der Waals surface area (Å²) in [5.41, 5.74) is 3.24. The molecular formula is C15H15NOS. The van der Waals surface area contributed by atoms with Crippen molar-refractivity contribution in [3.8, 4) is 5.69 Å². The van der Waals surface area contributed by atoms with Gasteiger partial charge in [-0.2, -0.15) is 0 Å². The van der Waals surface area contributed by atoms with Gasteiger partial charge in [-0.05, 0) is 24.0 Å². The summed E-state index contributed by atoms with van der Waals surface area (Å²) >= 11 is 1.42. The van der Waals surface area contributed by atoms with E-state index in [1.165, 1.54) is 11.5 Å². The SMILES string of the molecule is C=CCc1cccc(CC=C)c1-n1sccc1=O. The van der Waals surface area contributed by atoms with Crippen molar-refractivity contribution in [3.05, 3.63) is 76.4 Å². The van der Waals surface area contributed by atoms with Gasteiger partial charge in [0.05, 0.1) is 5.69 Å². The number of allylic oxidation sites excluding steroid dienone is 2.